The van der Waals surface area contributed by atoms with Gasteiger partial charge in [-0.05, 0) is 41.0 Å². The van der Waals surface area contributed by atoms with Crippen LogP contribution in [-0.2, 0) is 5.54 Å². The van der Waals surface area contributed by atoms with Gasteiger partial charge in [0.15, 0.2) is 0 Å². The lowest BCUT2D eigenvalue weighted by atomic mass is 9.77. The van der Waals surface area contributed by atoms with Crippen molar-refractivity contribution in [2.75, 3.05) is 0 Å². The minimum atomic E-state index is -0.684. The van der Waals surface area contributed by atoms with Gasteiger partial charge >= 0.3 is 0 Å². The summed E-state index contributed by atoms with van der Waals surface area (Å²) < 4.78 is 15.7. The van der Waals surface area contributed by atoms with Gasteiger partial charge in [-0.2, -0.15) is 0 Å². The fourth-order valence-corrected chi connectivity index (χ4v) is 3.59. The zero-order valence-corrected chi connectivity index (χ0v) is 14.6. The summed E-state index contributed by atoms with van der Waals surface area (Å²) >= 11 is 6.13. The maximum absolute atomic E-state index is 13.6. The molecule has 2 nitrogen and oxygen atoms in total. The number of nitrogens with zero attached hydrogens (tertiary/aromatic N) is 2. The minimum Gasteiger partial charge on any atom is -0.319 e. The normalized spacial score (nSPS) is 13.3. The van der Waals surface area contributed by atoms with E-state index in [4.69, 9.17) is 11.6 Å². The molecule has 0 aliphatic heterocycles. The Morgan fingerprint density at radius 1 is 0.769 bits per heavy atom. The molecule has 0 fully saturated rings. The van der Waals surface area contributed by atoms with Gasteiger partial charge in [-0.25, -0.2) is 9.37 Å². The van der Waals surface area contributed by atoms with Crippen LogP contribution in [0.1, 0.15) is 16.7 Å². The van der Waals surface area contributed by atoms with Crippen molar-refractivity contribution < 1.29 is 4.39 Å². The minimum absolute atomic E-state index is 0.266. The first kappa shape index (κ1) is 16.6. The van der Waals surface area contributed by atoms with Gasteiger partial charge < -0.3 is 4.57 Å². The predicted molar refractivity (Wildman–Crippen MR) is 102 cm³/mol. The van der Waals surface area contributed by atoms with Gasteiger partial charge in [0.25, 0.3) is 0 Å². The number of imidazole rings is 1. The molecule has 0 saturated heterocycles. The first-order chi connectivity index (χ1) is 12.7. The first-order valence-corrected chi connectivity index (χ1v) is 8.65. The van der Waals surface area contributed by atoms with Gasteiger partial charge in [-0.3, -0.25) is 0 Å². The highest BCUT2D eigenvalue weighted by Crippen LogP contribution is 2.41. The van der Waals surface area contributed by atoms with E-state index in [-0.39, 0.29) is 5.82 Å². The Balaban J connectivity index is 2.10. The summed E-state index contributed by atoms with van der Waals surface area (Å²) in [6.07, 6.45) is 5.45. The molecule has 0 aliphatic carbocycles. The molecule has 26 heavy (non-hydrogen) atoms. The third-order valence-electron chi connectivity index (χ3n) is 4.61. The van der Waals surface area contributed by atoms with Crippen molar-refractivity contribution in [3.63, 3.8) is 0 Å². The molecule has 4 aromatic rings. The van der Waals surface area contributed by atoms with Crippen molar-refractivity contribution in [2.45, 2.75) is 5.54 Å². The number of hydrogen-bond acceptors (Lipinski definition) is 1. The molecule has 128 valence electrons. The highest BCUT2D eigenvalue weighted by molar-refractivity contribution is 6.30. The molecule has 1 heterocycles. The molecule has 0 amide bonds. The molecule has 0 radical (unpaired) electrons. The van der Waals surface area contributed by atoms with Crippen LogP contribution in [0.3, 0.4) is 0 Å². The zero-order chi connectivity index (χ0) is 18.0. The van der Waals surface area contributed by atoms with E-state index in [0.29, 0.717) is 5.02 Å². The standard InChI is InChI=1S/C22H16ClFN2/c23-20-10-6-18(7-11-20)22(26-15-14-25-16-26,17-4-2-1-3-5-17)19-8-12-21(24)13-9-19/h1-16H. The monoisotopic (exact) mass is 362 g/mol. The van der Waals surface area contributed by atoms with Crippen molar-refractivity contribution in [1.29, 1.82) is 0 Å². The van der Waals surface area contributed by atoms with Crippen LogP contribution in [0.25, 0.3) is 0 Å². The Kier molecular flexibility index (Phi) is 4.31. The molecule has 1 unspecified atom stereocenters. The van der Waals surface area contributed by atoms with Crippen molar-refractivity contribution in [3.8, 4) is 0 Å². The smallest absolute Gasteiger partial charge is 0.123 e. The van der Waals surface area contributed by atoms with Gasteiger partial charge in [-0.1, -0.05) is 66.2 Å². The van der Waals surface area contributed by atoms with E-state index in [1.165, 1.54) is 12.1 Å². The average Bonchev–Trinajstić information content (AvgIpc) is 3.21. The number of rotatable bonds is 4. The van der Waals surface area contributed by atoms with Crippen LogP contribution in [0.15, 0.2) is 97.6 Å². The van der Waals surface area contributed by atoms with Crippen molar-refractivity contribution in [3.05, 3.63) is 125 Å². The van der Waals surface area contributed by atoms with Crippen molar-refractivity contribution in [2.24, 2.45) is 0 Å². The van der Waals surface area contributed by atoms with E-state index in [0.717, 1.165) is 16.7 Å². The summed E-state index contributed by atoms with van der Waals surface area (Å²) in [4.78, 5) is 4.26. The first-order valence-electron chi connectivity index (χ1n) is 8.27. The zero-order valence-electron chi connectivity index (χ0n) is 13.9. The van der Waals surface area contributed by atoms with Gasteiger partial charge in [0, 0.05) is 17.4 Å². The fourth-order valence-electron chi connectivity index (χ4n) is 3.47. The molecule has 3 aromatic carbocycles. The third-order valence-corrected chi connectivity index (χ3v) is 4.86. The summed E-state index contributed by atoms with van der Waals surface area (Å²) in [7, 11) is 0. The molecule has 1 aromatic heterocycles. The molecule has 4 heteroatoms. The second-order valence-electron chi connectivity index (χ2n) is 6.06. The second kappa shape index (κ2) is 6.77. The van der Waals surface area contributed by atoms with E-state index in [1.54, 1.807) is 12.5 Å². The SMILES string of the molecule is Fc1ccc(C(c2ccccc2)(c2ccc(Cl)cc2)n2ccnc2)cc1. The molecule has 0 aliphatic rings. The average molecular weight is 363 g/mol. The predicted octanol–water partition coefficient (Wildman–Crippen LogP) is 5.52. The van der Waals surface area contributed by atoms with E-state index in [9.17, 15) is 4.39 Å². The third kappa shape index (κ3) is 2.71. The molecule has 4 rings (SSSR count). The van der Waals surface area contributed by atoms with Crippen molar-refractivity contribution in [1.82, 2.24) is 9.55 Å². The maximum atomic E-state index is 13.6. The second-order valence-corrected chi connectivity index (χ2v) is 6.50. The van der Waals surface area contributed by atoms with E-state index < -0.39 is 5.54 Å². The quantitative estimate of drug-likeness (QED) is 0.437. The Morgan fingerprint density at radius 3 is 1.92 bits per heavy atom. The number of aromatic nitrogens is 2. The van der Waals surface area contributed by atoms with E-state index in [1.807, 2.05) is 65.4 Å². The van der Waals surface area contributed by atoms with Gasteiger partial charge in [0.05, 0.1) is 6.33 Å². The van der Waals surface area contributed by atoms with E-state index >= 15 is 0 Å². The number of benzene rings is 3. The molecule has 0 spiro atoms. The van der Waals surface area contributed by atoms with Crippen LogP contribution in [0.2, 0.25) is 5.02 Å². The van der Waals surface area contributed by atoms with Crippen LogP contribution in [0, 0.1) is 5.82 Å². The Labute approximate surface area is 156 Å². The Hall–Kier alpha value is -2.91. The van der Waals surface area contributed by atoms with Gasteiger partial charge in [0.2, 0.25) is 0 Å². The topological polar surface area (TPSA) is 17.8 Å². The summed E-state index contributed by atoms with van der Waals surface area (Å²) in [6, 6.07) is 24.5. The fraction of sp³-hybridized carbons (Fsp3) is 0.0455. The molecule has 0 bridgehead atoms. The molecular formula is C22H16ClFN2. The summed E-state index contributed by atoms with van der Waals surface area (Å²) in [6.45, 7) is 0. The molecule has 1 atom stereocenters. The van der Waals surface area contributed by atoms with Crippen LogP contribution in [0.5, 0.6) is 0 Å². The lowest BCUT2D eigenvalue weighted by Crippen LogP contribution is -2.36. The highest BCUT2D eigenvalue weighted by Gasteiger charge is 2.38. The number of halogens is 2. The van der Waals surface area contributed by atoms with Crippen LogP contribution < -0.4 is 0 Å². The lowest BCUT2D eigenvalue weighted by Gasteiger charge is -2.37. The summed E-state index contributed by atoms with van der Waals surface area (Å²) in [5.41, 5.74) is 2.31. The molecule has 0 saturated carbocycles. The Bertz CT molecular complexity index is 933. The maximum Gasteiger partial charge on any atom is 0.123 e. The van der Waals surface area contributed by atoms with E-state index in [2.05, 4.69) is 17.1 Å². The van der Waals surface area contributed by atoms with Crippen LogP contribution in [0.4, 0.5) is 4.39 Å². The van der Waals surface area contributed by atoms with Crippen LogP contribution >= 0.6 is 11.6 Å². The van der Waals surface area contributed by atoms with Gasteiger partial charge in [-0.15, -0.1) is 0 Å². The lowest BCUT2D eigenvalue weighted by molar-refractivity contribution is 0.512. The summed E-state index contributed by atoms with van der Waals surface area (Å²) in [5.74, 6) is -0.266. The largest absolute Gasteiger partial charge is 0.319 e. The molecular weight excluding hydrogens is 347 g/mol. The summed E-state index contributed by atoms with van der Waals surface area (Å²) in [5, 5.41) is 0.667. The number of hydrogen-bond donors (Lipinski definition) is 0. The highest BCUT2D eigenvalue weighted by atomic mass is 35.5. The van der Waals surface area contributed by atoms with Crippen LogP contribution in [-0.4, -0.2) is 9.55 Å². The van der Waals surface area contributed by atoms with Gasteiger partial charge in [0.1, 0.15) is 11.4 Å². The molecule has 0 N–H and O–H groups in total. The Morgan fingerprint density at radius 2 is 1.35 bits per heavy atom. The van der Waals surface area contributed by atoms with Crippen molar-refractivity contribution >= 4 is 11.6 Å².